The molecule has 4 rings (SSSR count). The van der Waals surface area contributed by atoms with Gasteiger partial charge in [-0.3, -0.25) is 14.2 Å². The lowest BCUT2D eigenvalue weighted by Gasteiger charge is -2.15. The Kier molecular flexibility index (Phi) is 5.59. The molecule has 0 atom stereocenters. The van der Waals surface area contributed by atoms with Gasteiger partial charge in [0.2, 0.25) is 5.91 Å². The zero-order valence-corrected chi connectivity index (χ0v) is 17.5. The van der Waals surface area contributed by atoms with Crippen LogP contribution >= 0.6 is 11.6 Å². The molecule has 1 aliphatic rings. The molecule has 0 saturated heterocycles. The molecule has 0 radical (unpaired) electrons. The van der Waals surface area contributed by atoms with Gasteiger partial charge in [0, 0.05) is 11.8 Å². The zero-order valence-electron chi connectivity index (χ0n) is 16.7. The molecule has 1 aromatic carbocycles. The molecule has 0 aliphatic heterocycles. The Hall–Kier alpha value is -3.13. The molecule has 1 aliphatic carbocycles. The van der Waals surface area contributed by atoms with Gasteiger partial charge in [-0.2, -0.15) is 0 Å². The minimum atomic E-state index is -0.413. The van der Waals surface area contributed by atoms with Crippen LogP contribution < -0.4 is 20.3 Å². The number of benzene rings is 1. The molecule has 0 fully saturated rings. The molecule has 0 spiro atoms. The lowest BCUT2D eigenvalue weighted by atomic mass is 9.95. The second-order valence-corrected chi connectivity index (χ2v) is 7.49. The van der Waals surface area contributed by atoms with Crippen molar-refractivity contribution in [3.05, 3.63) is 51.2 Å². The predicted octanol–water partition coefficient (Wildman–Crippen LogP) is 2.98. The highest BCUT2D eigenvalue weighted by Gasteiger charge is 2.17. The van der Waals surface area contributed by atoms with Gasteiger partial charge >= 0.3 is 0 Å². The van der Waals surface area contributed by atoms with Crippen molar-refractivity contribution in [2.45, 2.75) is 32.2 Å². The van der Waals surface area contributed by atoms with Crippen LogP contribution in [0.2, 0.25) is 5.02 Å². The van der Waals surface area contributed by atoms with Gasteiger partial charge in [0.05, 0.1) is 30.3 Å². The summed E-state index contributed by atoms with van der Waals surface area (Å²) in [5.74, 6) is 0.408. The number of hydrogen-bond donors (Lipinski definition) is 1. The molecule has 0 bridgehead atoms. The van der Waals surface area contributed by atoms with Crippen molar-refractivity contribution in [3.63, 3.8) is 0 Å². The summed E-state index contributed by atoms with van der Waals surface area (Å²) in [5.41, 5.74) is 2.61. The minimum Gasteiger partial charge on any atom is -0.495 e. The number of methoxy groups -OCH3 is 2. The Balaban J connectivity index is 1.60. The largest absolute Gasteiger partial charge is 0.495 e. The van der Waals surface area contributed by atoms with Crippen LogP contribution in [0.5, 0.6) is 11.5 Å². The number of pyridine rings is 1. The van der Waals surface area contributed by atoms with Gasteiger partial charge in [0.25, 0.3) is 5.56 Å². The van der Waals surface area contributed by atoms with E-state index in [1.54, 1.807) is 6.07 Å². The van der Waals surface area contributed by atoms with E-state index in [1.807, 2.05) is 6.07 Å². The van der Waals surface area contributed by atoms with Gasteiger partial charge in [-0.05, 0) is 43.4 Å². The highest BCUT2D eigenvalue weighted by Crippen LogP contribution is 2.35. The maximum atomic E-state index is 12.9. The first kappa shape index (κ1) is 20.2. The number of hydrogen-bond acceptors (Lipinski definition) is 6. The standard InChI is InChI=1S/C21H21ClN4O4/c1-29-17-9-18(30-2)16(8-14(17)22)24-19(27)10-26-11-23-20-13(21(26)28)7-12-5-3-4-6-15(12)25-20/h7-9,11H,3-6,10H2,1-2H3,(H,24,27). The molecule has 1 amide bonds. The van der Waals surface area contributed by atoms with Gasteiger partial charge in [0.15, 0.2) is 5.65 Å². The van der Waals surface area contributed by atoms with E-state index in [-0.39, 0.29) is 12.1 Å². The van der Waals surface area contributed by atoms with Crippen LogP contribution in [0.15, 0.2) is 29.3 Å². The van der Waals surface area contributed by atoms with Crippen molar-refractivity contribution in [3.8, 4) is 11.5 Å². The van der Waals surface area contributed by atoms with Crippen molar-refractivity contribution < 1.29 is 14.3 Å². The summed E-state index contributed by atoms with van der Waals surface area (Å²) in [4.78, 5) is 34.3. The van der Waals surface area contributed by atoms with Crippen LogP contribution in [0.4, 0.5) is 5.69 Å². The molecule has 1 N–H and O–H groups in total. The second-order valence-electron chi connectivity index (χ2n) is 7.09. The maximum absolute atomic E-state index is 12.9. The van der Waals surface area contributed by atoms with E-state index in [9.17, 15) is 9.59 Å². The molecule has 8 nitrogen and oxygen atoms in total. The number of aryl methyl sites for hydroxylation is 2. The van der Waals surface area contributed by atoms with E-state index >= 15 is 0 Å². The van der Waals surface area contributed by atoms with Crippen LogP contribution in [0, 0.1) is 0 Å². The van der Waals surface area contributed by atoms with Crippen LogP contribution in [-0.2, 0) is 24.2 Å². The minimum absolute atomic E-state index is 0.203. The van der Waals surface area contributed by atoms with Crippen molar-refractivity contribution in [2.24, 2.45) is 0 Å². The van der Waals surface area contributed by atoms with Crippen molar-refractivity contribution in [2.75, 3.05) is 19.5 Å². The molecule has 156 valence electrons. The van der Waals surface area contributed by atoms with E-state index in [2.05, 4.69) is 15.3 Å². The first-order valence-electron chi connectivity index (χ1n) is 9.59. The number of rotatable bonds is 5. The third-order valence-electron chi connectivity index (χ3n) is 5.15. The van der Waals surface area contributed by atoms with Gasteiger partial charge in [0.1, 0.15) is 24.4 Å². The third kappa shape index (κ3) is 3.82. The third-order valence-corrected chi connectivity index (χ3v) is 5.45. The van der Waals surface area contributed by atoms with Crippen LogP contribution in [0.25, 0.3) is 11.0 Å². The number of anilines is 1. The van der Waals surface area contributed by atoms with Gasteiger partial charge < -0.3 is 14.8 Å². The van der Waals surface area contributed by atoms with E-state index in [0.29, 0.717) is 33.2 Å². The highest BCUT2D eigenvalue weighted by atomic mass is 35.5. The summed E-state index contributed by atoms with van der Waals surface area (Å²) in [7, 11) is 2.97. The summed E-state index contributed by atoms with van der Waals surface area (Å²) in [6, 6.07) is 4.98. The molecule has 3 aromatic rings. The normalized spacial score (nSPS) is 13.0. The van der Waals surface area contributed by atoms with Gasteiger partial charge in [-0.25, -0.2) is 9.97 Å². The number of aromatic nitrogens is 3. The average Bonchev–Trinajstić information content (AvgIpc) is 2.75. The summed E-state index contributed by atoms with van der Waals surface area (Å²) in [6.45, 7) is -0.203. The van der Waals surface area contributed by atoms with Crippen LogP contribution in [0.3, 0.4) is 0 Å². The lowest BCUT2D eigenvalue weighted by molar-refractivity contribution is -0.116. The van der Waals surface area contributed by atoms with E-state index in [4.69, 9.17) is 21.1 Å². The van der Waals surface area contributed by atoms with Gasteiger partial charge in [-0.15, -0.1) is 0 Å². The topological polar surface area (TPSA) is 95.3 Å². The smallest absolute Gasteiger partial charge is 0.263 e. The first-order chi connectivity index (χ1) is 14.5. The Morgan fingerprint density at radius 3 is 2.70 bits per heavy atom. The summed E-state index contributed by atoms with van der Waals surface area (Å²) in [5, 5.41) is 3.47. The Labute approximate surface area is 177 Å². The molecular weight excluding hydrogens is 408 g/mol. The zero-order chi connectivity index (χ0) is 21.3. The number of nitrogens with zero attached hydrogens (tertiary/aromatic N) is 3. The molecule has 0 unspecified atom stereocenters. The molecule has 0 saturated carbocycles. The number of halogens is 1. The summed E-state index contributed by atoms with van der Waals surface area (Å²) < 4.78 is 11.7. The molecule has 2 aromatic heterocycles. The molecular formula is C21H21ClN4O4. The van der Waals surface area contributed by atoms with Gasteiger partial charge in [-0.1, -0.05) is 11.6 Å². The lowest BCUT2D eigenvalue weighted by Crippen LogP contribution is -2.28. The van der Waals surface area contributed by atoms with E-state index < -0.39 is 5.91 Å². The Morgan fingerprint density at radius 1 is 1.17 bits per heavy atom. The number of carbonyl (C=O) groups is 1. The van der Waals surface area contributed by atoms with Crippen LogP contribution in [-0.4, -0.2) is 34.7 Å². The van der Waals surface area contributed by atoms with Crippen molar-refractivity contribution in [1.29, 1.82) is 0 Å². The number of nitrogens with one attached hydrogen (secondary N) is 1. The number of amides is 1. The maximum Gasteiger partial charge on any atom is 0.263 e. The Morgan fingerprint density at radius 2 is 1.93 bits per heavy atom. The fraction of sp³-hybridized carbons (Fsp3) is 0.333. The summed E-state index contributed by atoms with van der Waals surface area (Å²) >= 11 is 6.15. The molecule has 9 heteroatoms. The van der Waals surface area contributed by atoms with E-state index in [0.717, 1.165) is 36.9 Å². The number of ether oxygens (including phenoxy) is 2. The monoisotopic (exact) mass is 428 g/mol. The Bertz CT molecular complexity index is 1190. The summed E-state index contributed by atoms with van der Waals surface area (Å²) in [6.07, 6.45) is 5.35. The molecule has 30 heavy (non-hydrogen) atoms. The predicted molar refractivity (Wildman–Crippen MR) is 114 cm³/mol. The fourth-order valence-corrected chi connectivity index (χ4v) is 3.87. The highest BCUT2D eigenvalue weighted by molar-refractivity contribution is 6.32. The second kappa shape index (κ2) is 8.31. The van der Waals surface area contributed by atoms with Crippen LogP contribution in [0.1, 0.15) is 24.1 Å². The molecule has 2 heterocycles. The van der Waals surface area contributed by atoms with E-state index in [1.165, 1.54) is 31.2 Å². The fourth-order valence-electron chi connectivity index (χ4n) is 3.62. The first-order valence-corrected chi connectivity index (χ1v) is 9.97. The van der Waals surface area contributed by atoms with Crippen molar-refractivity contribution in [1.82, 2.24) is 14.5 Å². The SMILES string of the molecule is COc1cc(OC)c(NC(=O)Cn2cnc3nc4c(cc3c2=O)CCCC4)cc1Cl. The quantitative estimate of drug-likeness (QED) is 0.671. The average molecular weight is 429 g/mol. The number of fused-ring (bicyclic) bond motifs is 2. The number of carbonyl (C=O) groups excluding carboxylic acids is 1. The van der Waals surface area contributed by atoms with Crippen molar-refractivity contribution >= 4 is 34.2 Å².